The molecule has 3 aromatic rings. The quantitative estimate of drug-likeness (QED) is 0.152. The first-order valence-corrected chi connectivity index (χ1v) is 13.7. The second-order valence-electron chi connectivity index (χ2n) is 8.72. The molecule has 1 aliphatic rings. The molecule has 0 fully saturated rings. The molecule has 0 spiro atoms. The minimum atomic E-state index is -1.00. The van der Waals surface area contributed by atoms with Crippen LogP contribution in [-0.4, -0.2) is 37.7 Å². The lowest BCUT2D eigenvalue weighted by Gasteiger charge is -2.13. The molecule has 1 aromatic heterocycles. The first-order valence-electron chi connectivity index (χ1n) is 12.5. The number of carbonyl (C=O) groups excluding carboxylic acids is 3. The average Bonchev–Trinajstić information content (AvgIpc) is 3.30. The van der Waals surface area contributed by atoms with Gasteiger partial charge in [-0.25, -0.2) is 14.6 Å². The Morgan fingerprint density at radius 3 is 2.62 bits per heavy atom. The molecule has 0 saturated carbocycles. The number of thiophene rings is 1. The van der Waals surface area contributed by atoms with E-state index in [9.17, 15) is 18.8 Å². The Balaban J connectivity index is 1.39. The van der Waals surface area contributed by atoms with E-state index in [-0.39, 0.29) is 11.6 Å². The lowest BCUT2D eigenvalue weighted by Crippen LogP contribution is -2.32. The van der Waals surface area contributed by atoms with E-state index in [0.29, 0.717) is 39.8 Å². The summed E-state index contributed by atoms with van der Waals surface area (Å²) in [5.41, 5.74) is 4.54. The minimum absolute atomic E-state index is 0.0999. The number of aryl methyl sites for hydroxylation is 1. The van der Waals surface area contributed by atoms with Gasteiger partial charge in [-0.3, -0.25) is 9.59 Å². The molecule has 9 nitrogen and oxygen atoms in total. The minimum Gasteiger partial charge on any atom is -0.490 e. The summed E-state index contributed by atoms with van der Waals surface area (Å²) < 4.78 is 29.7. The van der Waals surface area contributed by atoms with Gasteiger partial charge in [-0.1, -0.05) is 17.7 Å². The van der Waals surface area contributed by atoms with E-state index in [1.807, 2.05) is 6.92 Å². The van der Waals surface area contributed by atoms with E-state index >= 15 is 0 Å². The van der Waals surface area contributed by atoms with E-state index in [0.717, 1.165) is 36.1 Å². The predicted molar refractivity (Wildman–Crippen MR) is 150 cm³/mol. The molecular weight excluding hydrogens is 561 g/mol. The molecular formula is C28H27ClFN3O6S. The zero-order chi connectivity index (χ0) is 28.6. The van der Waals surface area contributed by atoms with Crippen LogP contribution in [0.3, 0.4) is 0 Å². The molecule has 0 aliphatic heterocycles. The average molecular weight is 588 g/mol. The van der Waals surface area contributed by atoms with Gasteiger partial charge in [-0.15, -0.1) is 11.3 Å². The lowest BCUT2D eigenvalue weighted by atomic mass is 9.95. The summed E-state index contributed by atoms with van der Waals surface area (Å²) in [5.74, 6) is -2.09. The Hall–Kier alpha value is -3.96. The number of rotatable bonds is 9. The molecule has 1 aliphatic carbocycles. The zero-order valence-corrected chi connectivity index (χ0v) is 23.4. The number of ether oxygens (including phenoxy) is 3. The largest absolute Gasteiger partial charge is 0.490 e. The Morgan fingerprint density at radius 1 is 1.07 bits per heavy atom. The van der Waals surface area contributed by atoms with Crippen LogP contribution in [0.1, 0.15) is 51.7 Å². The fourth-order valence-electron chi connectivity index (χ4n) is 4.13. The number of methoxy groups -OCH3 is 1. The van der Waals surface area contributed by atoms with Crippen LogP contribution in [0.2, 0.25) is 5.02 Å². The Labute approximate surface area is 239 Å². The van der Waals surface area contributed by atoms with Crippen LogP contribution in [0.5, 0.6) is 11.5 Å². The highest BCUT2D eigenvalue weighted by atomic mass is 35.5. The topological polar surface area (TPSA) is 115 Å². The molecule has 12 heteroatoms. The van der Waals surface area contributed by atoms with E-state index in [4.69, 9.17) is 25.8 Å². The van der Waals surface area contributed by atoms with Crippen molar-refractivity contribution in [3.63, 3.8) is 0 Å². The van der Waals surface area contributed by atoms with Gasteiger partial charge in [0.15, 0.2) is 11.5 Å². The van der Waals surface area contributed by atoms with Crippen molar-refractivity contribution < 1.29 is 33.0 Å². The number of benzene rings is 2. The Kier molecular flexibility index (Phi) is 9.73. The number of fused-ring (bicyclic) bond motifs is 1. The van der Waals surface area contributed by atoms with Crippen molar-refractivity contribution in [2.75, 3.05) is 19.0 Å². The summed E-state index contributed by atoms with van der Waals surface area (Å²) in [4.78, 5) is 38.3. The van der Waals surface area contributed by atoms with Gasteiger partial charge in [-0.2, -0.15) is 5.10 Å². The number of anilines is 1. The number of hydrazone groups is 1. The zero-order valence-electron chi connectivity index (χ0n) is 21.8. The smallest absolute Gasteiger partial charge is 0.341 e. The number of nitrogens with one attached hydrogen (secondary N) is 2. The third-order valence-corrected chi connectivity index (χ3v) is 7.60. The van der Waals surface area contributed by atoms with Gasteiger partial charge in [0.2, 0.25) is 0 Å². The van der Waals surface area contributed by atoms with Gasteiger partial charge in [0, 0.05) is 10.4 Å². The van der Waals surface area contributed by atoms with Gasteiger partial charge < -0.3 is 19.5 Å². The van der Waals surface area contributed by atoms with E-state index < -0.39 is 23.6 Å². The maximum atomic E-state index is 13.3. The maximum absolute atomic E-state index is 13.3. The summed E-state index contributed by atoms with van der Waals surface area (Å²) >= 11 is 7.36. The summed E-state index contributed by atoms with van der Waals surface area (Å²) in [6, 6.07) is 9.04. The van der Waals surface area contributed by atoms with Crippen molar-refractivity contribution in [1.29, 1.82) is 0 Å². The second kappa shape index (κ2) is 13.4. The number of esters is 1. The van der Waals surface area contributed by atoms with Gasteiger partial charge in [0.1, 0.15) is 17.4 Å². The summed E-state index contributed by atoms with van der Waals surface area (Å²) in [6.07, 6.45) is 4.81. The number of hydrogen-bond acceptors (Lipinski definition) is 8. The standard InChI is InChI=1S/C28H27ClFN3O6S/c1-3-38-22-12-16(8-11-21(22)39-15-17-9-10-18(30)13-20(17)29)14-31-33-26(35)25(34)32-27-24(28(36)37-2)19-6-4-5-7-23(19)40-27/h8-14H,3-7,15H2,1-2H3,(H,32,34)(H,33,35)/b31-14+. The Bertz CT molecular complexity index is 1460. The summed E-state index contributed by atoms with van der Waals surface area (Å²) in [7, 11) is 1.28. The Morgan fingerprint density at radius 2 is 1.88 bits per heavy atom. The van der Waals surface area contributed by atoms with Crippen LogP contribution in [0.4, 0.5) is 9.39 Å². The number of nitrogens with zero attached hydrogens (tertiary/aromatic N) is 1. The van der Waals surface area contributed by atoms with Gasteiger partial charge in [0.05, 0.1) is 30.5 Å². The summed E-state index contributed by atoms with van der Waals surface area (Å²) in [6.45, 7) is 2.28. The lowest BCUT2D eigenvalue weighted by molar-refractivity contribution is -0.136. The molecule has 2 N–H and O–H groups in total. The molecule has 2 aromatic carbocycles. The molecule has 1 heterocycles. The molecule has 0 bridgehead atoms. The highest BCUT2D eigenvalue weighted by Gasteiger charge is 2.28. The van der Waals surface area contributed by atoms with Crippen LogP contribution in [0.25, 0.3) is 0 Å². The number of hydrogen-bond donors (Lipinski definition) is 2. The maximum Gasteiger partial charge on any atom is 0.341 e. The van der Waals surface area contributed by atoms with Gasteiger partial charge in [0.25, 0.3) is 0 Å². The van der Waals surface area contributed by atoms with Gasteiger partial charge in [-0.05, 0) is 74.1 Å². The van der Waals surface area contributed by atoms with Crippen LogP contribution >= 0.6 is 22.9 Å². The first kappa shape index (κ1) is 29.0. The number of amides is 2. The molecule has 0 radical (unpaired) electrons. The van der Waals surface area contributed by atoms with Crippen LogP contribution in [0, 0.1) is 5.82 Å². The molecule has 0 atom stereocenters. The molecule has 210 valence electrons. The van der Waals surface area contributed by atoms with Crippen molar-refractivity contribution >= 4 is 51.9 Å². The van der Waals surface area contributed by atoms with Crippen molar-refractivity contribution in [3.05, 3.63) is 74.4 Å². The van der Waals surface area contributed by atoms with Crippen molar-refractivity contribution in [2.45, 2.75) is 39.2 Å². The highest BCUT2D eigenvalue weighted by Crippen LogP contribution is 2.38. The molecule has 0 saturated heterocycles. The fraction of sp³-hybridized carbons (Fsp3) is 0.286. The van der Waals surface area contributed by atoms with E-state index in [1.165, 1.54) is 36.8 Å². The number of carbonyl (C=O) groups is 3. The van der Waals surface area contributed by atoms with Crippen molar-refractivity contribution in [2.24, 2.45) is 5.10 Å². The summed E-state index contributed by atoms with van der Waals surface area (Å²) in [5, 5.41) is 6.93. The number of halogens is 2. The third kappa shape index (κ3) is 6.97. The van der Waals surface area contributed by atoms with E-state index in [2.05, 4.69) is 15.8 Å². The van der Waals surface area contributed by atoms with Crippen LogP contribution in [0.15, 0.2) is 41.5 Å². The molecule has 2 amide bonds. The molecule has 0 unspecified atom stereocenters. The monoisotopic (exact) mass is 587 g/mol. The van der Waals surface area contributed by atoms with Gasteiger partial charge >= 0.3 is 17.8 Å². The van der Waals surface area contributed by atoms with E-state index in [1.54, 1.807) is 24.3 Å². The highest BCUT2D eigenvalue weighted by molar-refractivity contribution is 7.17. The van der Waals surface area contributed by atoms with Crippen molar-refractivity contribution in [1.82, 2.24) is 5.43 Å². The molecule has 4 rings (SSSR count). The molecule has 40 heavy (non-hydrogen) atoms. The van der Waals surface area contributed by atoms with Crippen molar-refractivity contribution in [3.8, 4) is 11.5 Å². The second-order valence-corrected chi connectivity index (χ2v) is 10.2. The van der Waals surface area contributed by atoms with Crippen LogP contribution < -0.4 is 20.2 Å². The SMILES string of the molecule is CCOc1cc(/C=N/NC(=O)C(=O)Nc2sc3c(c2C(=O)OC)CCCC3)ccc1OCc1ccc(F)cc1Cl. The normalized spacial score (nSPS) is 12.5. The third-order valence-electron chi connectivity index (χ3n) is 6.04. The van der Waals surface area contributed by atoms with Crippen LogP contribution in [-0.2, 0) is 33.8 Å². The first-order chi connectivity index (χ1) is 19.3. The predicted octanol–water partition coefficient (Wildman–Crippen LogP) is 5.27. The fourth-order valence-corrected chi connectivity index (χ4v) is 5.63.